The van der Waals surface area contributed by atoms with E-state index in [4.69, 9.17) is 1.41 Å². The molecule has 5 heteroatoms. The lowest BCUT2D eigenvalue weighted by atomic mass is 10.3. The van der Waals surface area contributed by atoms with E-state index in [9.17, 15) is 13.2 Å². The maximum atomic E-state index is 11.8. The molecule has 0 atom stereocenters. The zero-order valence-electron chi connectivity index (χ0n) is 7.06. The fourth-order valence-corrected chi connectivity index (χ4v) is 1.06. The highest BCUT2D eigenvalue weighted by atomic mass is 19.4. The lowest BCUT2D eigenvalue weighted by Gasteiger charge is -2.27. The van der Waals surface area contributed by atoms with Gasteiger partial charge in [-0.05, 0) is 0 Å². The molecule has 0 aromatic rings. The van der Waals surface area contributed by atoms with Gasteiger partial charge >= 0.3 is 6.18 Å². The Morgan fingerprint density at radius 3 is 2.36 bits per heavy atom. The Morgan fingerprint density at radius 2 is 1.91 bits per heavy atom. The summed E-state index contributed by atoms with van der Waals surface area (Å²) < 4.78 is 42.6. The van der Waals surface area contributed by atoms with Crippen LogP contribution in [0.5, 0.6) is 0 Å². The van der Waals surface area contributed by atoms with E-state index in [0.29, 0.717) is 26.2 Å². The Labute approximate surface area is 64.8 Å². The lowest BCUT2D eigenvalue weighted by Crippen LogP contribution is -2.47. The molecule has 0 aromatic carbocycles. The fraction of sp³-hybridized carbons (Fsp3) is 1.00. The van der Waals surface area contributed by atoms with Crippen LogP contribution in [0.2, 0.25) is 1.41 Å². The average Bonchev–Trinajstić information content (AvgIpc) is 1.91. The second-order valence-electron chi connectivity index (χ2n) is 2.56. The van der Waals surface area contributed by atoms with Gasteiger partial charge in [0, 0.05) is 26.2 Å². The Balaban J connectivity index is 2.26. The van der Waals surface area contributed by atoms with Gasteiger partial charge in [0.15, 0.2) is 0 Å². The summed E-state index contributed by atoms with van der Waals surface area (Å²) >= 11 is 0. The normalized spacial score (nSPS) is 25.2. The van der Waals surface area contributed by atoms with E-state index in [-0.39, 0.29) is 0 Å². The highest BCUT2D eigenvalue weighted by Gasteiger charge is 2.30. The number of hydrogen-bond donors (Lipinski definition) is 1. The van der Waals surface area contributed by atoms with Gasteiger partial charge in [0.25, 0.3) is 0 Å². The van der Waals surface area contributed by atoms with Crippen LogP contribution in [-0.4, -0.2) is 43.8 Å². The highest BCUT2D eigenvalue weighted by molar-refractivity contribution is 4.69. The molecule has 1 heterocycles. The summed E-state index contributed by atoms with van der Waals surface area (Å²) in [6, 6.07) is 0. The minimum Gasteiger partial charge on any atom is -0.314 e. The number of rotatable bonds is 1. The van der Waals surface area contributed by atoms with Crippen molar-refractivity contribution >= 4 is 0 Å². The topological polar surface area (TPSA) is 15.3 Å². The minimum absolute atomic E-state index is 0.336. The van der Waals surface area contributed by atoms with Crippen LogP contribution in [0.25, 0.3) is 0 Å². The molecule has 0 aliphatic carbocycles. The number of hydrogen-bond acceptors (Lipinski definition) is 2. The van der Waals surface area contributed by atoms with Crippen LogP contribution in [0.4, 0.5) is 13.2 Å². The molecular formula is C6H11F3N2. The fourth-order valence-electron chi connectivity index (χ4n) is 1.06. The average molecular weight is 169 g/mol. The number of nitrogens with one attached hydrogen (secondary N) is 1. The monoisotopic (exact) mass is 169 g/mol. The van der Waals surface area contributed by atoms with Gasteiger partial charge in [0.1, 0.15) is 1.41 Å². The molecule has 0 radical (unpaired) electrons. The van der Waals surface area contributed by atoms with E-state index in [1.807, 2.05) is 0 Å². The quantitative estimate of drug-likeness (QED) is 0.613. The maximum Gasteiger partial charge on any atom is 0.401 e. The summed E-state index contributed by atoms with van der Waals surface area (Å²) in [5.74, 6) is 0. The number of nitrogens with zero attached hydrogens (tertiary/aromatic N) is 1. The van der Waals surface area contributed by atoms with Crippen molar-refractivity contribution in [3.05, 3.63) is 0 Å². The zero-order chi connectivity index (χ0) is 9.19. The molecule has 0 bridgehead atoms. The van der Waals surface area contributed by atoms with E-state index in [0.717, 1.165) is 0 Å². The molecule has 1 rings (SSSR count). The Hall–Kier alpha value is -0.290. The molecule has 1 saturated heterocycles. The van der Waals surface area contributed by atoms with E-state index in [1.165, 1.54) is 10.2 Å². The van der Waals surface area contributed by atoms with E-state index >= 15 is 0 Å². The molecule has 1 aliphatic rings. The first kappa shape index (κ1) is 7.36. The van der Waals surface area contributed by atoms with Gasteiger partial charge in [-0.2, -0.15) is 13.2 Å². The Bertz CT molecular complexity index is 142. The molecule has 0 unspecified atom stereocenters. The third-order valence-corrected chi connectivity index (χ3v) is 1.55. The third kappa shape index (κ3) is 3.57. The molecule has 0 saturated carbocycles. The van der Waals surface area contributed by atoms with Crippen LogP contribution in [0.3, 0.4) is 0 Å². The first-order valence-corrected chi connectivity index (χ1v) is 3.50. The third-order valence-electron chi connectivity index (χ3n) is 1.55. The van der Waals surface area contributed by atoms with Crippen LogP contribution in [0.1, 0.15) is 0 Å². The van der Waals surface area contributed by atoms with Crippen molar-refractivity contribution in [2.24, 2.45) is 0 Å². The van der Waals surface area contributed by atoms with Crippen LogP contribution < -0.4 is 5.31 Å². The number of halogens is 3. The van der Waals surface area contributed by atoms with E-state index < -0.39 is 12.7 Å². The largest absolute Gasteiger partial charge is 0.401 e. The first-order chi connectivity index (χ1) is 5.47. The Morgan fingerprint density at radius 1 is 1.36 bits per heavy atom. The second kappa shape index (κ2) is 3.40. The van der Waals surface area contributed by atoms with Gasteiger partial charge in [-0.1, -0.05) is 0 Å². The SMILES string of the molecule is [2H]N1CCN(CC(F)(F)F)CC1. The van der Waals surface area contributed by atoms with Crippen LogP contribution in [0.15, 0.2) is 0 Å². The predicted octanol–water partition coefficient (Wildman–Crippen LogP) is 0.454. The van der Waals surface area contributed by atoms with Crippen molar-refractivity contribution in [2.45, 2.75) is 6.18 Å². The number of alkyl halides is 3. The molecule has 1 aliphatic heterocycles. The van der Waals surface area contributed by atoms with Gasteiger partial charge in [0.2, 0.25) is 0 Å². The van der Waals surface area contributed by atoms with Gasteiger partial charge in [-0.15, -0.1) is 0 Å². The summed E-state index contributed by atoms with van der Waals surface area (Å²) in [4.78, 5) is 1.32. The molecule has 1 N–H and O–H groups in total. The van der Waals surface area contributed by atoms with Crippen LogP contribution in [0, 0.1) is 0 Å². The molecule has 11 heavy (non-hydrogen) atoms. The summed E-state index contributed by atoms with van der Waals surface area (Å²) in [6.07, 6.45) is -4.11. The van der Waals surface area contributed by atoms with Crippen molar-refractivity contribution in [1.29, 1.82) is 0 Å². The standard InChI is InChI=1S/C6H11F3N2/c7-6(8,9)5-11-3-1-10-2-4-11/h10H,1-5H2/i/hD. The first-order valence-electron chi connectivity index (χ1n) is 3.95. The van der Waals surface area contributed by atoms with Crippen LogP contribution >= 0.6 is 0 Å². The zero-order valence-corrected chi connectivity index (χ0v) is 6.06. The van der Waals surface area contributed by atoms with Crippen molar-refractivity contribution in [1.82, 2.24) is 10.2 Å². The summed E-state index contributed by atoms with van der Waals surface area (Å²) in [5, 5.41) is 1.28. The van der Waals surface area contributed by atoms with Crippen molar-refractivity contribution in [3.63, 3.8) is 0 Å². The van der Waals surface area contributed by atoms with Gasteiger partial charge < -0.3 is 5.31 Å². The molecule has 66 valence electrons. The molecule has 0 amide bonds. The highest BCUT2D eigenvalue weighted by Crippen LogP contribution is 2.16. The summed E-state index contributed by atoms with van der Waals surface area (Å²) in [5.41, 5.74) is 0. The number of piperazine rings is 1. The molecular weight excluding hydrogens is 157 g/mol. The van der Waals surface area contributed by atoms with Gasteiger partial charge in [0.05, 0.1) is 6.54 Å². The van der Waals surface area contributed by atoms with Gasteiger partial charge in [-0.3, -0.25) is 4.90 Å². The molecule has 0 spiro atoms. The molecule has 1 fully saturated rings. The molecule has 0 aromatic heterocycles. The van der Waals surface area contributed by atoms with Gasteiger partial charge in [-0.25, -0.2) is 0 Å². The van der Waals surface area contributed by atoms with E-state index in [1.54, 1.807) is 0 Å². The second-order valence-corrected chi connectivity index (χ2v) is 2.56. The summed E-state index contributed by atoms with van der Waals surface area (Å²) in [6.45, 7) is 0.624. The summed E-state index contributed by atoms with van der Waals surface area (Å²) in [7, 11) is 0. The maximum absolute atomic E-state index is 11.8. The van der Waals surface area contributed by atoms with Crippen molar-refractivity contribution in [2.75, 3.05) is 32.7 Å². The lowest BCUT2D eigenvalue weighted by molar-refractivity contribution is -0.146. The molecule has 2 nitrogen and oxygen atoms in total. The predicted molar refractivity (Wildman–Crippen MR) is 35.4 cm³/mol. The minimum atomic E-state index is -4.11. The van der Waals surface area contributed by atoms with Crippen LogP contribution in [-0.2, 0) is 0 Å². The van der Waals surface area contributed by atoms with Crippen molar-refractivity contribution in [3.8, 4) is 0 Å². The smallest absolute Gasteiger partial charge is 0.314 e. The van der Waals surface area contributed by atoms with Crippen molar-refractivity contribution < 1.29 is 14.6 Å². The Kier molecular flexibility index (Phi) is 2.28. The van der Waals surface area contributed by atoms with E-state index in [2.05, 4.69) is 0 Å².